The Balaban J connectivity index is 2.48. The van der Waals surface area contributed by atoms with Crippen LogP contribution in [0.25, 0.3) is 0 Å². The standard InChI is InChI=1S/C14H14FN3O2S/c1-3-8-4-5-9(15)6-10(8)12(19)11-7-17-14(21(2)20)18-13(11)16/h4-7H,3H2,1-2H3,(H2,16,17,18). The Morgan fingerprint density at radius 2 is 2.14 bits per heavy atom. The molecule has 0 saturated carbocycles. The molecule has 1 aromatic carbocycles. The van der Waals surface area contributed by atoms with Gasteiger partial charge in [-0.25, -0.2) is 4.39 Å². The number of nitrogens with zero attached hydrogens (tertiary/aromatic N) is 2. The number of nitrogen functional groups attached to an aromatic ring is 1. The van der Waals surface area contributed by atoms with E-state index in [-0.39, 0.29) is 22.1 Å². The van der Waals surface area contributed by atoms with Crippen LogP contribution in [-0.2, 0) is 17.6 Å². The average molecular weight is 307 g/mol. The molecule has 0 radical (unpaired) electrons. The van der Waals surface area contributed by atoms with Crippen LogP contribution in [0.15, 0.2) is 29.6 Å². The fourth-order valence-electron chi connectivity index (χ4n) is 1.90. The van der Waals surface area contributed by atoms with Crippen molar-refractivity contribution in [2.75, 3.05) is 12.0 Å². The quantitative estimate of drug-likeness (QED) is 0.527. The third-order valence-electron chi connectivity index (χ3n) is 3.00. The summed E-state index contributed by atoms with van der Waals surface area (Å²) in [5.41, 5.74) is 6.75. The van der Waals surface area contributed by atoms with Crippen molar-refractivity contribution in [2.45, 2.75) is 18.5 Å². The van der Waals surface area contributed by atoms with Gasteiger partial charge in [0.2, 0.25) is 0 Å². The van der Waals surface area contributed by atoms with Crippen molar-refractivity contribution in [2.24, 2.45) is 0 Å². The van der Waals surface area contributed by atoms with Crippen LogP contribution in [0.2, 0.25) is 0 Å². The van der Waals surface area contributed by atoms with Crippen molar-refractivity contribution < 1.29 is 13.7 Å². The number of nitrogens with two attached hydrogens (primary N) is 1. The van der Waals surface area contributed by atoms with Crippen LogP contribution in [0.1, 0.15) is 28.4 Å². The monoisotopic (exact) mass is 307 g/mol. The first kappa shape index (κ1) is 15.4. The molecule has 2 N–H and O–H groups in total. The molecule has 5 nitrogen and oxygen atoms in total. The highest BCUT2D eigenvalue weighted by molar-refractivity contribution is 7.90. The van der Waals surface area contributed by atoms with Gasteiger partial charge in [0.15, 0.2) is 5.78 Å². The molecule has 0 fully saturated rings. The molecular weight excluding hydrogens is 293 g/mol. The number of rotatable bonds is 4. The van der Waals surface area contributed by atoms with E-state index in [1.807, 2.05) is 6.92 Å². The summed E-state index contributed by atoms with van der Waals surface area (Å²) in [5.74, 6) is -1.01. The molecule has 21 heavy (non-hydrogen) atoms. The molecule has 0 bridgehead atoms. The molecule has 0 aliphatic heterocycles. The third-order valence-corrected chi connectivity index (χ3v) is 3.71. The lowest BCUT2D eigenvalue weighted by Crippen LogP contribution is -2.13. The largest absolute Gasteiger partial charge is 0.609 e. The van der Waals surface area contributed by atoms with E-state index in [1.165, 1.54) is 24.6 Å². The van der Waals surface area contributed by atoms with Crippen molar-refractivity contribution in [3.05, 3.63) is 46.9 Å². The first-order chi connectivity index (χ1) is 9.93. The molecule has 2 aromatic rings. The van der Waals surface area contributed by atoms with Gasteiger partial charge in [-0.05, 0) is 24.1 Å². The summed E-state index contributed by atoms with van der Waals surface area (Å²) in [4.78, 5) is 20.2. The Hall–Kier alpha value is -1.99. The van der Waals surface area contributed by atoms with E-state index in [1.54, 1.807) is 6.07 Å². The highest BCUT2D eigenvalue weighted by atomic mass is 32.2. The lowest BCUT2D eigenvalue weighted by molar-refractivity contribution is 0.103. The van der Waals surface area contributed by atoms with Crippen molar-refractivity contribution in [3.63, 3.8) is 0 Å². The molecule has 1 heterocycles. The normalized spacial score (nSPS) is 12.2. The molecule has 2 rings (SSSR count). The van der Waals surface area contributed by atoms with Gasteiger partial charge in [0, 0.05) is 22.9 Å². The minimum absolute atomic E-state index is 0.0546. The number of benzene rings is 1. The van der Waals surface area contributed by atoms with Crippen LogP contribution < -0.4 is 5.73 Å². The number of aromatic nitrogens is 2. The predicted octanol–water partition coefficient (Wildman–Crippen LogP) is 1.73. The van der Waals surface area contributed by atoms with E-state index in [9.17, 15) is 13.7 Å². The van der Waals surface area contributed by atoms with Crippen LogP contribution in [0.5, 0.6) is 0 Å². The molecule has 1 atom stereocenters. The van der Waals surface area contributed by atoms with E-state index >= 15 is 0 Å². The number of ketones is 1. The maximum atomic E-state index is 13.4. The second kappa shape index (κ2) is 6.19. The van der Waals surface area contributed by atoms with E-state index in [2.05, 4.69) is 9.97 Å². The molecule has 1 aromatic heterocycles. The molecular formula is C14H14FN3O2S. The van der Waals surface area contributed by atoms with Crippen molar-refractivity contribution >= 4 is 22.8 Å². The van der Waals surface area contributed by atoms with Gasteiger partial charge in [-0.3, -0.25) is 4.79 Å². The number of carbonyl (C=O) groups excluding carboxylic acids is 1. The summed E-state index contributed by atoms with van der Waals surface area (Å²) in [6.07, 6.45) is 3.23. The number of hydrogen-bond donors (Lipinski definition) is 1. The number of carbonyl (C=O) groups is 1. The smallest absolute Gasteiger partial charge is 0.344 e. The zero-order chi connectivity index (χ0) is 15.6. The second-order valence-corrected chi connectivity index (χ2v) is 5.66. The lowest BCUT2D eigenvalue weighted by Gasteiger charge is -2.09. The van der Waals surface area contributed by atoms with Gasteiger partial charge in [-0.1, -0.05) is 13.0 Å². The van der Waals surface area contributed by atoms with Crippen molar-refractivity contribution in [3.8, 4) is 0 Å². The van der Waals surface area contributed by atoms with Crippen LogP contribution in [0, 0.1) is 5.82 Å². The molecule has 0 aliphatic carbocycles. The number of halogens is 1. The van der Waals surface area contributed by atoms with Gasteiger partial charge in [-0.2, -0.15) is 9.97 Å². The molecule has 7 heteroatoms. The van der Waals surface area contributed by atoms with Gasteiger partial charge in [0.1, 0.15) is 17.9 Å². The first-order valence-corrected chi connectivity index (χ1v) is 7.79. The minimum atomic E-state index is -1.39. The van der Waals surface area contributed by atoms with E-state index in [4.69, 9.17) is 5.73 Å². The second-order valence-electron chi connectivity index (χ2n) is 4.39. The Kier molecular flexibility index (Phi) is 4.54. The summed E-state index contributed by atoms with van der Waals surface area (Å²) in [5, 5.41) is 0.0546. The molecule has 110 valence electrons. The Morgan fingerprint density at radius 3 is 2.71 bits per heavy atom. The minimum Gasteiger partial charge on any atom is -0.609 e. The fourth-order valence-corrected chi connectivity index (χ4v) is 2.33. The van der Waals surface area contributed by atoms with Crippen LogP contribution in [0.4, 0.5) is 10.2 Å². The van der Waals surface area contributed by atoms with E-state index < -0.39 is 22.8 Å². The first-order valence-electron chi connectivity index (χ1n) is 6.23. The Bertz CT molecular complexity index is 692. The number of hydrogen-bond acceptors (Lipinski definition) is 5. The third kappa shape index (κ3) is 3.20. The molecule has 0 saturated heterocycles. The SMILES string of the molecule is CCc1ccc(F)cc1C(=O)c1cnc([S+](C)[O-])nc1N. The summed E-state index contributed by atoms with van der Waals surface area (Å²) in [6.45, 7) is 1.87. The van der Waals surface area contributed by atoms with Crippen molar-refractivity contribution in [1.29, 1.82) is 0 Å². The van der Waals surface area contributed by atoms with Gasteiger partial charge in [0.25, 0.3) is 0 Å². The topological polar surface area (TPSA) is 91.9 Å². The molecule has 0 spiro atoms. The van der Waals surface area contributed by atoms with Crippen LogP contribution >= 0.6 is 0 Å². The molecule has 0 amide bonds. The molecule has 1 unspecified atom stereocenters. The van der Waals surface area contributed by atoms with Gasteiger partial charge in [-0.15, -0.1) is 0 Å². The van der Waals surface area contributed by atoms with E-state index in [0.29, 0.717) is 12.0 Å². The van der Waals surface area contributed by atoms with Gasteiger partial charge in [0.05, 0.1) is 5.56 Å². The number of aryl methyl sites for hydroxylation is 1. The summed E-state index contributed by atoms with van der Waals surface area (Å²) >= 11 is -1.39. The Morgan fingerprint density at radius 1 is 1.43 bits per heavy atom. The van der Waals surface area contributed by atoms with Crippen LogP contribution in [-0.4, -0.2) is 26.6 Å². The van der Waals surface area contributed by atoms with Crippen molar-refractivity contribution in [1.82, 2.24) is 9.97 Å². The molecule has 0 aliphatic rings. The number of anilines is 1. The van der Waals surface area contributed by atoms with Crippen LogP contribution in [0.3, 0.4) is 0 Å². The van der Waals surface area contributed by atoms with E-state index in [0.717, 1.165) is 0 Å². The van der Waals surface area contributed by atoms with Gasteiger partial charge >= 0.3 is 5.16 Å². The zero-order valence-electron chi connectivity index (χ0n) is 11.6. The summed E-state index contributed by atoms with van der Waals surface area (Å²) < 4.78 is 24.7. The van der Waals surface area contributed by atoms with Gasteiger partial charge < -0.3 is 10.3 Å². The maximum Gasteiger partial charge on any atom is 0.344 e. The lowest BCUT2D eigenvalue weighted by atomic mass is 9.98. The highest BCUT2D eigenvalue weighted by Gasteiger charge is 2.20. The maximum absolute atomic E-state index is 13.4. The predicted molar refractivity (Wildman–Crippen MR) is 78.0 cm³/mol. The average Bonchev–Trinajstić information content (AvgIpc) is 2.46. The Labute approximate surface area is 124 Å². The highest BCUT2D eigenvalue weighted by Crippen LogP contribution is 2.20. The fraction of sp³-hybridized carbons (Fsp3) is 0.214. The zero-order valence-corrected chi connectivity index (χ0v) is 12.4. The summed E-state index contributed by atoms with van der Waals surface area (Å²) in [7, 11) is 0. The summed E-state index contributed by atoms with van der Waals surface area (Å²) in [6, 6.07) is 4.04.